The van der Waals surface area contributed by atoms with Crippen molar-refractivity contribution < 1.29 is 14.6 Å². The Labute approximate surface area is 102 Å². The molecule has 0 bridgehead atoms. The van der Waals surface area contributed by atoms with Crippen LogP contribution in [0.2, 0.25) is 0 Å². The fourth-order valence-electron chi connectivity index (χ4n) is 4.42. The first-order chi connectivity index (χ1) is 8.08. The number of esters is 1. The van der Waals surface area contributed by atoms with Crippen LogP contribution in [0.1, 0.15) is 32.6 Å². The molecule has 3 heteroatoms. The molecule has 17 heavy (non-hydrogen) atoms. The molecule has 0 amide bonds. The molecule has 0 radical (unpaired) electrons. The van der Waals surface area contributed by atoms with E-state index in [0.29, 0.717) is 12.5 Å². The minimum atomic E-state index is -0.660. The van der Waals surface area contributed by atoms with Crippen molar-refractivity contribution in [1.29, 1.82) is 0 Å². The van der Waals surface area contributed by atoms with Crippen LogP contribution in [0, 0.1) is 23.2 Å². The van der Waals surface area contributed by atoms with E-state index in [1.54, 1.807) is 0 Å². The summed E-state index contributed by atoms with van der Waals surface area (Å²) in [7, 11) is 0. The first kappa shape index (κ1) is 11.3. The topological polar surface area (TPSA) is 46.5 Å². The van der Waals surface area contributed by atoms with E-state index in [0.717, 1.165) is 31.3 Å². The summed E-state index contributed by atoms with van der Waals surface area (Å²) >= 11 is 0. The molecular formula is C14H20O3. The van der Waals surface area contributed by atoms with Crippen molar-refractivity contribution in [2.24, 2.45) is 23.2 Å². The van der Waals surface area contributed by atoms with E-state index in [1.165, 1.54) is 0 Å². The molecule has 0 aromatic heterocycles. The summed E-state index contributed by atoms with van der Waals surface area (Å²) in [5, 5.41) is 10.4. The Morgan fingerprint density at radius 2 is 2.18 bits per heavy atom. The van der Waals surface area contributed by atoms with Crippen molar-refractivity contribution in [3.63, 3.8) is 0 Å². The van der Waals surface area contributed by atoms with Crippen LogP contribution in [-0.2, 0) is 9.53 Å². The molecule has 5 unspecified atom stereocenters. The lowest BCUT2D eigenvalue weighted by molar-refractivity contribution is -0.167. The van der Waals surface area contributed by atoms with Crippen LogP contribution in [-0.4, -0.2) is 23.8 Å². The lowest BCUT2D eigenvalue weighted by Crippen LogP contribution is -2.57. The lowest BCUT2D eigenvalue weighted by Gasteiger charge is -2.51. The highest BCUT2D eigenvalue weighted by Crippen LogP contribution is 2.59. The number of ether oxygens (including phenoxy) is 1. The second-order valence-electron chi connectivity index (χ2n) is 5.96. The molecule has 1 spiro atoms. The number of aliphatic hydroxyl groups is 1. The molecule has 0 aromatic rings. The van der Waals surface area contributed by atoms with Gasteiger partial charge in [0.1, 0.15) is 5.41 Å². The number of carbonyl (C=O) groups excluding carboxylic acids is 1. The highest BCUT2D eigenvalue weighted by Gasteiger charge is 2.65. The third-order valence-electron chi connectivity index (χ3n) is 5.33. The molecular weight excluding hydrogens is 216 g/mol. The smallest absolute Gasteiger partial charge is 0.315 e. The number of carbonyl (C=O) groups is 1. The zero-order valence-corrected chi connectivity index (χ0v) is 10.3. The predicted molar refractivity (Wildman–Crippen MR) is 63.2 cm³/mol. The summed E-state index contributed by atoms with van der Waals surface area (Å²) in [4.78, 5) is 12.2. The second kappa shape index (κ2) is 3.58. The maximum Gasteiger partial charge on any atom is 0.315 e. The number of cyclic esters (lactones) is 1. The summed E-state index contributed by atoms with van der Waals surface area (Å²) < 4.78 is 5.29. The van der Waals surface area contributed by atoms with Crippen LogP contribution in [0.5, 0.6) is 0 Å². The summed E-state index contributed by atoms with van der Waals surface area (Å²) in [5.74, 6) is 0.648. The molecule has 3 rings (SSSR count). The molecule has 2 aliphatic carbocycles. The van der Waals surface area contributed by atoms with E-state index >= 15 is 0 Å². The minimum absolute atomic E-state index is 0.0477. The SMILES string of the molecule is C=C1CCC2C(C)CCC(O)C23C(=O)OCC13. The van der Waals surface area contributed by atoms with E-state index in [2.05, 4.69) is 13.5 Å². The van der Waals surface area contributed by atoms with Gasteiger partial charge in [-0.25, -0.2) is 0 Å². The van der Waals surface area contributed by atoms with Gasteiger partial charge in [0.25, 0.3) is 0 Å². The van der Waals surface area contributed by atoms with Gasteiger partial charge in [-0.05, 0) is 37.5 Å². The van der Waals surface area contributed by atoms with Crippen LogP contribution >= 0.6 is 0 Å². The van der Waals surface area contributed by atoms with E-state index in [-0.39, 0.29) is 17.8 Å². The monoisotopic (exact) mass is 236 g/mol. The average Bonchev–Trinajstić information content (AvgIpc) is 2.65. The van der Waals surface area contributed by atoms with Gasteiger partial charge in [-0.2, -0.15) is 0 Å². The predicted octanol–water partition coefficient (Wildman–Crippen LogP) is 1.90. The molecule has 94 valence electrons. The van der Waals surface area contributed by atoms with Crippen LogP contribution in [0.25, 0.3) is 0 Å². The maximum atomic E-state index is 12.2. The van der Waals surface area contributed by atoms with Gasteiger partial charge < -0.3 is 9.84 Å². The summed E-state index contributed by atoms with van der Waals surface area (Å²) in [5.41, 5.74) is 0.438. The van der Waals surface area contributed by atoms with E-state index < -0.39 is 11.5 Å². The zero-order chi connectivity index (χ0) is 12.2. The van der Waals surface area contributed by atoms with E-state index in [4.69, 9.17) is 4.74 Å². The van der Waals surface area contributed by atoms with Crippen molar-refractivity contribution in [1.82, 2.24) is 0 Å². The number of rotatable bonds is 0. The molecule has 2 saturated carbocycles. The van der Waals surface area contributed by atoms with Gasteiger partial charge in [0, 0.05) is 5.92 Å². The first-order valence-electron chi connectivity index (χ1n) is 6.61. The van der Waals surface area contributed by atoms with Crippen molar-refractivity contribution in [3.8, 4) is 0 Å². The standard InChI is InChI=1S/C14H20O3/c1-8-4-6-12(15)14-10(8)5-3-9(2)11(14)7-17-13(14)16/h8,10-12,15H,2-7H2,1H3. The number of aliphatic hydroxyl groups excluding tert-OH is 1. The third kappa shape index (κ3) is 1.23. The minimum Gasteiger partial charge on any atom is -0.464 e. The molecule has 3 aliphatic rings. The first-order valence-corrected chi connectivity index (χ1v) is 6.61. The van der Waals surface area contributed by atoms with Crippen molar-refractivity contribution in [2.75, 3.05) is 6.61 Å². The summed E-state index contributed by atoms with van der Waals surface area (Å²) in [6.07, 6.45) is 3.14. The third-order valence-corrected chi connectivity index (χ3v) is 5.33. The van der Waals surface area contributed by atoms with Crippen LogP contribution < -0.4 is 0 Å². The fraction of sp³-hybridized carbons (Fsp3) is 0.786. The largest absolute Gasteiger partial charge is 0.464 e. The van der Waals surface area contributed by atoms with Crippen molar-refractivity contribution >= 4 is 5.97 Å². The Bertz CT molecular complexity index is 376. The van der Waals surface area contributed by atoms with Crippen molar-refractivity contribution in [2.45, 2.75) is 38.7 Å². The second-order valence-corrected chi connectivity index (χ2v) is 5.96. The van der Waals surface area contributed by atoms with E-state index in [1.807, 2.05) is 0 Å². The van der Waals surface area contributed by atoms with Crippen molar-refractivity contribution in [3.05, 3.63) is 12.2 Å². The normalized spacial score (nSPS) is 49.5. The molecule has 1 saturated heterocycles. The van der Waals surface area contributed by atoms with Gasteiger partial charge in [-0.15, -0.1) is 0 Å². The molecule has 5 atom stereocenters. The van der Waals surface area contributed by atoms with E-state index in [9.17, 15) is 9.90 Å². The zero-order valence-electron chi connectivity index (χ0n) is 10.3. The van der Waals surface area contributed by atoms with Gasteiger partial charge in [-0.3, -0.25) is 4.79 Å². The van der Waals surface area contributed by atoms with Gasteiger partial charge in [-0.1, -0.05) is 19.1 Å². The van der Waals surface area contributed by atoms with Crippen LogP contribution in [0.3, 0.4) is 0 Å². The Hall–Kier alpha value is -0.830. The Balaban J connectivity index is 2.10. The quantitative estimate of drug-likeness (QED) is 0.516. The average molecular weight is 236 g/mol. The van der Waals surface area contributed by atoms with Gasteiger partial charge in [0.15, 0.2) is 0 Å². The van der Waals surface area contributed by atoms with Crippen LogP contribution in [0.15, 0.2) is 12.2 Å². The molecule has 1 heterocycles. The molecule has 1 N–H and O–H groups in total. The fourth-order valence-corrected chi connectivity index (χ4v) is 4.42. The Morgan fingerprint density at radius 3 is 2.94 bits per heavy atom. The molecule has 1 aliphatic heterocycles. The van der Waals surface area contributed by atoms with Gasteiger partial charge in [0.2, 0.25) is 0 Å². The number of hydrogen-bond donors (Lipinski definition) is 1. The Kier molecular flexibility index (Phi) is 2.37. The molecule has 3 fully saturated rings. The molecule has 3 nitrogen and oxygen atoms in total. The maximum absolute atomic E-state index is 12.2. The van der Waals surface area contributed by atoms with Crippen LogP contribution in [0.4, 0.5) is 0 Å². The van der Waals surface area contributed by atoms with Gasteiger partial charge in [0.05, 0.1) is 12.7 Å². The molecule has 0 aromatic carbocycles. The van der Waals surface area contributed by atoms with Gasteiger partial charge >= 0.3 is 5.97 Å². The lowest BCUT2D eigenvalue weighted by atomic mass is 9.50. The summed E-state index contributed by atoms with van der Waals surface area (Å²) in [6.45, 7) is 6.73. The Morgan fingerprint density at radius 1 is 1.41 bits per heavy atom. The number of hydrogen-bond acceptors (Lipinski definition) is 3. The highest BCUT2D eigenvalue weighted by molar-refractivity contribution is 5.82. The highest BCUT2D eigenvalue weighted by atomic mass is 16.5. The summed E-state index contributed by atoms with van der Waals surface area (Å²) in [6, 6.07) is 0.